The van der Waals surface area contributed by atoms with Gasteiger partial charge in [0.2, 0.25) is 0 Å². The van der Waals surface area contributed by atoms with Crippen LogP contribution in [0.3, 0.4) is 0 Å². The molecule has 110 valence electrons. The molecule has 1 saturated heterocycles. The number of nitrogens with zero attached hydrogens (tertiary/aromatic N) is 1. The lowest BCUT2D eigenvalue weighted by Gasteiger charge is -2.43. The van der Waals surface area contributed by atoms with Crippen LogP contribution < -0.4 is 5.73 Å². The zero-order chi connectivity index (χ0) is 14.3. The highest BCUT2D eigenvalue weighted by molar-refractivity contribution is 5.86. The van der Waals surface area contributed by atoms with Crippen molar-refractivity contribution in [3.05, 3.63) is 0 Å². The van der Waals surface area contributed by atoms with E-state index in [9.17, 15) is 18.0 Å². The molecule has 3 unspecified atom stereocenters. The maximum absolute atomic E-state index is 12.8. The Balaban J connectivity index is 2.05. The Morgan fingerprint density at radius 2 is 1.74 bits per heavy atom. The predicted octanol–water partition coefficient (Wildman–Crippen LogP) is 2.30. The van der Waals surface area contributed by atoms with Gasteiger partial charge in [-0.3, -0.25) is 4.79 Å². The molecule has 2 aliphatic rings. The summed E-state index contributed by atoms with van der Waals surface area (Å²) in [5.41, 5.74) is 2.45. The minimum absolute atomic E-state index is 0.357. The van der Waals surface area contributed by atoms with E-state index in [4.69, 9.17) is 5.73 Å². The Morgan fingerprint density at radius 1 is 1.16 bits per heavy atom. The van der Waals surface area contributed by atoms with Gasteiger partial charge in [-0.2, -0.15) is 13.2 Å². The largest absolute Gasteiger partial charge is 0.415 e. The van der Waals surface area contributed by atoms with Gasteiger partial charge in [-0.1, -0.05) is 19.3 Å². The first-order chi connectivity index (χ1) is 8.73. The minimum atomic E-state index is -4.70. The van der Waals surface area contributed by atoms with Crippen LogP contribution in [-0.2, 0) is 4.79 Å². The zero-order valence-corrected chi connectivity index (χ0v) is 11.2. The summed E-state index contributed by atoms with van der Waals surface area (Å²) in [5, 5.41) is 0. The number of amides is 1. The third-order valence-corrected chi connectivity index (χ3v) is 4.61. The number of hydrogen-bond donors (Lipinski definition) is 1. The molecule has 0 bridgehead atoms. The molecule has 0 aromatic heterocycles. The Kier molecular flexibility index (Phi) is 3.82. The number of carbonyl (C=O) groups is 1. The van der Waals surface area contributed by atoms with E-state index in [1.54, 1.807) is 0 Å². The standard InChI is InChI=1S/C13H21F3N2O/c1-12(17,13(14,15)16)11(19)18-7-6-9-4-2-3-5-10(9)8-18/h9-10H,2-8,17H2,1H3. The third-order valence-electron chi connectivity index (χ3n) is 4.61. The van der Waals surface area contributed by atoms with E-state index in [1.165, 1.54) is 11.3 Å². The molecule has 0 spiro atoms. The van der Waals surface area contributed by atoms with Crippen molar-refractivity contribution in [2.45, 2.75) is 50.7 Å². The molecule has 0 radical (unpaired) electrons. The molecule has 1 amide bonds. The number of fused-ring (bicyclic) bond motifs is 1. The van der Waals surface area contributed by atoms with Crippen LogP contribution in [0.25, 0.3) is 0 Å². The van der Waals surface area contributed by atoms with Crippen LogP contribution in [0.4, 0.5) is 13.2 Å². The van der Waals surface area contributed by atoms with Crippen molar-refractivity contribution >= 4 is 5.91 Å². The normalized spacial score (nSPS) is 31.5. The molecule has 1 aliphatic heterocycles. The van der Waals surface area contributed by atoms with E-state index in [0.717, 1.165) is 32.6 Å². The third kappa shape index (κ3) is 2.73. The van der Waals surface area contributed by atoms with Gasteiger partial charge < -0.3 is 10.6 Å². The summed E-state index contributed by atoms with van der Waals surface area (Å²) in [7, 11) is 0. The van der Waals surface area contributed by atoms with E-state index in [-0.39, 0.29) is 0 Å². The summed E-state index contributed by atoms with van der Waals surface area (Å²) in [4.78, 5) is 13.3. The van der Waals surface area contributed by atoms with Gasteiger partial charge in [0.25, 0.3) is 5.91 Å². The maximum atomic E-state index is 12.8. The summed E-state index contributed by atoms with van der Waals surface area (Å²) in [6.45, 7) is 1.61. The van der Waals surface area contributed by atoms with Gasteiger partial charge in [0, 0.05) is 13.1 Å². The van der Waals surface area contributed by atoms with Crippen LogP contribution in [-0.4, -0.2) is 35.6 Å². The van der Waals surface area contributed by atoms with Crippen molar-refractivity contribution in [3.8, 4) is 0 Å². The summed E-state index contributed by atoms with van der Waals surface area (Å²) >= 11 is 0. The highest BCUT2D eigenvalue weighted by Gasteiger charge is 2.55. The van der Waals surface area contributed by atoms with Gasteiger partial charge in [0.1, 0.15) is 0 Å². The first kappa shape index (κ1) is 14.6. The number of alkyl halides is 3. The molecule has 2 fully saturated rings. The monoisotopic (exact) mass is 278 g/mol. The Hall–Kier alpha value is -0.780. The summed E-state index contributed by atoms with van der Waals surface area (Å²) in [6, 6.07) is 0. The Bertz CT molecular complexity index is 354. The van der Waals surface area contributed by atoms with Gasteiger partial charge in [-0.05, 0) is 31.6 Å². The van der Waals surface area contributed by atoms with E-state index >= 15 is 0 Å². The first-order valence-corrected chi connectivity index (χ1v) is 6.88. The molecule has 3 atom stereocenters. The fourth-order valence-electron chi connectivity index (χ4n) is 3.24. The van der Waals surface area contributed by atoms with Crippen LogP contribution in [0, 0.1) is 11.8 Å². The van der Waals surface area contributed by atoms with E-state index in [1.807, 2.05) is 0 Å². The number of hydrogen-bond acceptors (Lipinski definition) is 2. The number of halogens is 3. The second kappa shape index (κ2) is 4.96. The highest BCUT2D eigenvalue weighted by atomic mass is 19.4. The molecule has 3 nitrogen and oxygen atoms in total. The van der Waals surface area contributed by atoms with Crippen LogP contribution in [0.5, 0.6) is 0 Å². The van der Waals surface area contributed by atoms with Crippen molar-refractivity contribution in [2.24, 2.45) is 17.6 Å². The molecule has 0 aromatic carbocycles. The summed E-state index contributed by atoms with van der Waals surface area (Å²) in [5.74, 6) is -0.0489. The lowest BCUT2D eigenvalue weighted by Crippen LogP contribution is -2.63. The Labute approximate surface area is 111 Å². The average Bonchev–Trinajstić information content (AvgIpc) is 2.36. The lowest BCUT2D eigenvalue weighted by atomic mass is 9.75. The molecule has 6 heteroatoms. The molecule has 2 rings (SSSR count). The van der Waals surface area contributed by atoms with Crippen molar-refractivity contribution in [3.63, 3.8) is 0 Å². The van der Waals surface area contributed by atoms with Crippen molar-refractivity contribution < 1.29 is 18.0 Å². The van der Waals surface area contributed by atoms with Crippen LogP contribution in [0.15, 0.2) is 0 Å². The van der Waals surface area contributed by atoms with Crippen molar-refractivity contribution in [1.82, 2.24) is 4.90 Å². The van der Waals surface area contributed by atoms with Gasteiger partial charge in [0.05, 0.1) is 0 Å². The molecule has 1 heterocycles. The zero-order valence-electron chi connectivity index (χ0n) is 11.2. The average molecular weight is 278 g/mol. The fourth-order valence-corrected chi connectivity index (χ4v) is 3.24. The van der Waals surface area contributed by atoms with Crippen molar-refractivity contribution in [2.75, 3.05) is 13.1 Å². The molecule has 1 aliphatic carbocycles. The highest BCUT2D eigenvalue weighted by Crippen LogP contribution is 2.37. The first-order valence-electron chi connectivity index (χ1n) is 6.88. The van der Waals surface area contributed by atoms with E-state index in [0.29, 0.717) is 24.9 Å². The second-order valence-electron chi connectivity index (χ2n) is 6.04. The summed E-state index contributed by atoms with van der Waals surface area (Å²) < 4.78 is 38.4. The molecular formula is C13H21F3N2O. The number of rotatable bonds is 1. The van der Waals surface area contributed by atoms with Crippen LogP contribution >= 0.6 is 0 Å². The maximum Gasteiger partial charge on any atom is 0.415 e. The van der Waals surface area contributed by atoms with Crippen LogP contribution in [0.1, 0.15) is 39.0 Å². The van der Waals surface area contributed by atoms with Gasteiger partial charge in [0.15, 0.2) is 5.54 Å². The van der Waals surface area contributed by atoms with Crippen molar-refractivity contribution in [1.29, 1.82) is 0 Å². The van der Waals surface area contributed by atoms with Gasteiger partial charge >= 0.3 is 6.18 Å². The second-order valence-corrected chi connectivity index (χ2v) is 6.04. The predicted molar refractivity (Wildman–Crippen MR) is 65.3 cm³/mol. The Morgan fingerprint density at radius 3 is 2.32 bits per heavy atom. The van der Waals surface area contributed by atoms with Gasteiger partial charge in [-0.25, -0.2) is 0 Å². The molecule has 2 N–H and O–H groups in total. The topological polar surface area (TPSA) is 46.3 Å². The summed E-state index contributed by atoms with van der Waals surface area (Å²) in [6.07, 6.45) is 0.583. The minimum Gasteiger partial charge on any atom is -0.341 e. The quantitative estimate of drug-likeness (QED) is 0.800. The van der Waals surface area contributed by atoms with Gasteiger partial charge in [-0.15, -0.1) is 0 Å². The molecule has 1 saturated carbocycles. The molecular weight excluding hydrogens is 257 g/mol. The number of nitrogens with two attached hydrogens (primary N) is 1. The molecule has 0 aromatic rings. The number of likely N-dealkylation sites (tertiary alicyclic amines) is 1. The lowest BCUT2D eigenvalue weighted by molar-refractivity contribution is -0.195. The van der Waals surface area contributed by atoms with Crippen LogP contribution in [0.2, 0.25) is 0 Å². The number of piperidine rings is 1. The smallest absolute Gasteiger partial charge is 0.341 e. The fraction of sp³-hybridized carbons (Fsp3) is 0.923. The molecule has 19 heavy (non-hydrogen) atoms. The van der Waals surface area contributed by atoms with E-state index < -0.39 is 17.6 Å². The SMILES string of the molecule is CC(N)(C(=O)N1CCC2CCCCC2C1)C(F)(F)F. The van der Waals surface area contributed by atoms with E-state index in [2.05, 4.69) is 0 Å². The number of carbonyl (C=O) groups excluding carboxylic acids is 1.